The molecule has 3 aliphatic heterocycles. The number of aromatic carboxylic acids is 1. The largest absolute Gasteiger partial charge is 0.478 e. The molecule has 3 heterocycles. The first kappa shape index (κ1) is 34.7. The first-order chi connectivity index (χ1) is 23.7. The number of hydrogen-bond acceptors (Lipinski definition) is 5. The maximum Gasteiger partial charge on any atom is 0.335 e. The molecular weight excluding hydrogens is 687 g/mol. The van der Waals surface area contributed by atoms with E-state index in [0.717, 1.165) is 55.8 Å². The molecule has 0 saturated carbocycles. The van der Waals surface area contributed by atoms with Gasteiger partial charge in [-0.2, -0.15) is 0 Å². The first-order valence-corrected chi connectivity index (χ1v) is 22.0. The summed E-state index contributed by atoms with van der Waals surface area (Å²) in [5, 5.41) is 15.2. The van der Waals surface area contributed by atoms with Crippen molar-refractivity contribution in [1.29, 1.82) is 0 Å². The third-order valence-corrected chi connectivity index (χ3v) is 15.8. The van der Waals surface area contributed by atoms with Gasteiger partial charge < -0.3 is 19.1 Å². The monoisotopic (exact) mass is 728 g/mol. The Labute approximate surface area is 298 Å². The summed E-state index contributed by atoms with van der Waals surface area (Å²) in [5.74, 6) is -0.919. The second kappa shape index (κ2) is 13.1. The first-order valence-electron chi connectivity index (χ1n) is 16.8. The summed E-state index contributed by atoms with van der Waals surface area (Å²) >= 11 is -4.49. The fourth-order valence-electron chi connectivity index (χ4n) is 8.17. The van der Waals surface area contributed by atoms with Crippen LogP contribution < -0.4 is 30.4 Å². The lowest BCUT2D eigenvalue weighted by Gasteiger charge is -2.38. The smallest absolute Gasteiger partial charge is 0.335 e. The number of nitrogens with zero attached hydrogens (tertiary/aromatic N) is 3. The Bertz CT molecular complexity index is 2260. The van der Waals surface area contributed by atoms with Gasteiger partial charge in [-0.1, -0.05) is 25.2 Å². The van der Waals surface area contributed by atoms with Crippen molar-refractivity contribution in [3.63, 3.8) is 0 Å². The van der Waals surface area contributed by atoms with E-state index < -0.39 is 36.2 Å². The summed E-state index contributed by atoms with van der Waals surface area (Å²) in [6, 6.07) is 19.9. The quantitative estimate of drug-likeness (QED) is 0.151. The van der Waals surface area contributed by atoms with E-state index in [0.29, 0.717) is 17.7 Å². The highest BCUT2D eigenvalue weighted by Gasteiger charge is 2.38. The summed E-state index contributed by atoms with van der Waals surface area (Å²) in [7, 11) is -0.0347. The lowest BCUT2D eigenvalue weighted by atomic mass is 9.87. The van der Waals surface area contributed by atoms with Gasteiger partial charge in [0.1, 0.15) is 21.7 Å². The number of aryl methyl sites for hydroxylation is 2. The van der Waals surface area contributed by atoms with E-state index in [4.69, 9.17) is 0 Å². The Morgan fingerprint density at radius 3 is 2.22 bits per heavy atom. The van der Waals surface area contributed by atoms with E-state index in [2.05, 4.69) is 64.8 Å². The maximum absolute atomic E-state index is 12.1. The van der Waals surface area contributed by atoms with Gasteiger partial charge in [-0.15, -0.1) is 0 Å². The fraction of sp³-hybridized carbons (Fsp3) is 0.316. The molecule has 0 amide bonds. The Hall–Kier alpha value is -3.78. The normalized spacial score (nSPS) is 18.0. The van der Waals surface area contributed by atoms with E-state index in [9.17, 15) is 27.4 Å². The number of hydrogen-bond donors (Lipinski definition) is 3. The molecule has 3 aliphatic rings. The maximum atomic E-state index is 12.1. The number of carboxylic acid groups (broad SMARTS) is 1. The minimum atomic E-state index is -2.27. The SMILES string of the molecule is Cc1cc(C(=O)O)cc(C)c1C1=c2cc3c(cc2[Si](C)(C)c2cc(N4CCN(Cc5ccc(S(=O)O)cc5S(=O)O)CC4)ccc21)=[N+](C)CC3. The van der Waals surface area contributed by atoms with Crippen LogP contribution in [-0.2, 0) is 35.1 Å². The Morgan fingerprint density at radius 2 is 1.58 bits per heavy atom. The summed E-state index contributed by atoms with van der Waals surface area (Å²) in [6.07, 6.45) is 1.01. The molecule has 1 saturated heterocycles. The summed E-state index contributed by atoms with van der Waals surface area (Å²) in [4.78, 5) is 16.9. The van der Waals surface area contributed by atoms with Crippen LogP contribution in [0.25, 0.3) is 5.57 Å². The molecule has 0 aromatic heterocycles. The molecule has 9 nitrogen and oxygen atoms in total. The summed E-state index contributed by atoms with van der Waals surface area (Å²) in [5.41, 5.74) is 8.96. The molecule has 3 N–H and O–H groups in total. The number of benzene rings is 4. The minimum Gasteiger partial charge on any atom is -0.478 e. The number of carbonyl (C=O) groups is 1. The van der Waals surface area contributed by atoms with Gasteiger partial charge in [-0.05, 0) is 105 Å². The van der Waals surface area contributed by atoms with Crippen molar-refractivity contribution in [2.24, 2.45) is 0 Å². The average molecular weight is 729 g/mol. The molecule has 1 fully saturated rings. The number of anilines is 1. The van der Waals surface area contributed by atoms with Gasteiger partial charge in [0.05, 0.1) is 15.4 Å². The zero-order valence-corrected chi connectivity index (χ0v) is 31.6. The van der Waals surface area contributed by atoms with E-state index >= 15 is 0 Å². The highest BCUT2D eigenvalue weighted by atomic mass is 32.2. The average Bonchev–Trinajstić information content (AvgIpc) is 3.44. The molecule has 2 unspecified atom stereocenters. The molecule has 4 aromatic rings. The number of rotatable bonds is 7. The van der Waals surface area contributed by atoms with E-state index in [1.807, 2.05) is 13.8 Å². The lowest BCUT2D eigenvalue weighted by molar-refractivity contribution is 0.0696. The van der Waals surface area contributed by atoms with Crippen molar-refractivity contribution < 1.29 is 27.4 Å². The number of likely N-dealkylation sites (N-methyl/N-ethyl adjacent to an activating group) is 1. The molecule has 50 heavy (non-hydrogen) atoms. The number of fused-ring (bicyclic) bond motifs is 3. The van der Waals surface area contributed by atoms with E-state index in [-0.39, 0.29) is 9.79 Å². The Morgan fingerprint density at radius 1 is 0.880 bits per heavy atom. The third-order valence-electron chi connectivity index (χ3n) is 10.8. The zero-order chi connectivity index (χ0) is 35.6. The molecule has 260 valence electrons. The minimum absolute atomic E-state index is 0.108. The van der Waals surface area contributed by atoms with Crippen molar-refractivity contribution in [3.05, 3.63) is 110 Å². The van der Waals surface area contributed by atoms with Crippen LogP contribution in [0.15, 0.2) is 70.5 Å². The summed E-state index contributed by atoms with van der Waals surface area (Å²) in [6.45, 7) is 13.5. The van der Waals surface area contributed by atoms with Crippen LogP contribution in [-0.4, -0.2) is 81.3 Å². The predicted molar refractivity (Wildman–Crippen MR) is 201 cm³/mol. The van der Waals surface area contributed by atoms with Crippen LogP contribution >= 0.6 is 0 Å². The molecule has 0 bridgehead atoms. The standard InChI is InChI=1S/C38H41N3O6S2Si/c1-23-16-27(38(42)43)17-24(2)36(23)37-30-9-7-28(19-34(30)50(4,5)35-21-32-25(18-31(35)37)10-11-39(32)3)41-14-12-40(13-15-41)22-26-6-8-29(48(44)45)20-33(26)49(46)47/h6-9,16-21H,10-15,22H2,1-5H3,(H2-,42,43,44,45,46,47)/p+1. The van der Waals surface area contributed by atoms with Crippen LogP contribution in [0.4, 0.5) is 5.69 Å². The van der Waals surface area contributed by atoms with Crippen LogP contribution in [0.5, 0.6) is 0 Å². The van der Waals surface area contributed by atoms with Crippen molar-refractivity contribution in [1.82, 2.24) is 9.48 Å². The third kappa shape index (κ3) is 6.01. The van der Waals surface area contributed by atoms with Crippen LogP contribution in [0.3, 0.4) is 0 Å². The summed E-state index contributed by atoms with van der Waals surface area (Å²) < 4.78 is 45.3. The van der Waals surface area contributed by atoms with Gasteiger partial charge in [-0.25, -0.2) is 17.8 Å². The van der Waals surface area contributed by atoms with E-state index in [1.54, 1.807) is 18.2 Å². The molecule has 2 atom stereocenters. The van der Waals surface area contributed by atoms with Crippen LogP contribution in [0.2, 0.25) is 13.1 Å². The Balaban J connectivity index is 1.26. The van der Waals surface area contributed by atoms with Gasteiger partial charge in [0.25, 0.3) is 0 Å². The highest BCUT2D eigenvalue weighted by Crippen LogP contribution is 2.32. The predicted octanol–water partition coefficient (Wildman–Crippen LogP) is 2.55. The van der Waals surface area contributed by atoms with E-state index in [1.165, 1.54) is 55.5 Å². The molecule has 0 aliphatic carbocycles. The van der Waals surface area contributed by atoms with Crippen molar-refractivity contribution >= 4 is 57.8 Å². The number of carboxylic acids is 1. The molecule has 12 heteroatoms. The van der Waals surface area contributed by atoms with Gasteiger partial charge in [0.15, 0.2) is 22.2 Å². The van der Waals surface area contributed by atoms with Gasteiger partial charge >= 0.3 is 5.97 Å². The van der Waals surface area contributed by atoms with Crippen molar-refractivity contribution in [2.45, 2.75) is 49.7 Å². The number of piperazine rings is 1. The second-order valence-electron chi connectivity index (χ2n) is 14.2. The molecule has 7 rings (SSSR count). The topological polar surface area (TPSA) is 121 Å². The molecule has 4 aromatic carbocycles. The highest BCUT2D eigenvalue weighted by molar-refractivity contribution is 7.80. The lowest BCUT2D eigenvalue weighted by Crippen LogP contribution is -2.64. The van der Waals surface area contributed by atoms with Gasteiger partial charge in [0.2, 0.25) is 5.36 Å². The Kier molecular flexibility index (Phi) is 9.06. The van der Waals surface area contributed by atoms with Gasteiger partial charge in [0, 0.05) is 56.5 Å². The second-order valence-corrected chi connectivity index (χ2v) is 20.5. The molecule has 0 radical (unpaired) electrons. The van der Waals surface area contributed by atoms with Crippen LogP contribution in [0, 0.1) is 13.8 Å². The zero-order valence-electron chi connectivity index (χ0n) is 28.9. The molecular formula is C38H42N3O6S2Si+. The van der Waals surface area contributed by atoms with Crippen molar-refractivity contribution in [2.75, 3.05) is 44.7 Å². The molecule has 0 spiro atoms. The van der Waals surface area contributed by atoms with Gasteiger partial charge in [-0.3, -0.25) is 4.90 Å². The fourth-order valence-corrected chi connectivity index (χ4v) is 12.3. The van der Waals surface area contributed by atoms with Crippen LogP contribution in [0.1, 0.15) is 43.7 Å². The van der Waals surface area contributed by atoms with Crippen molar-refractivity contribution in [3.8, 4) is 0 Å².